The van der Waals surface area contributed by atoms with Crippen LogP contribution in [0.1, 0.15) is 42.9 Å². The normalized spacial score (nSPS) is 28.8. The molecule has 1 saturated carbocycles. The van der Waals surface area contributed by atoms with Gasteiger partial charge in [-0.05, 0) is 36.3 Å². The Morgan fingerprint density at radius 3 is 2.90 bits per heavy atom. The summed E-state index contributed by atoms with van der Waals surface area (Å²) in [4.78, 5) is 10.8. The summed E-state index contributed by atoms with van der Waals surface area (Å²) in [5.74, 6) is 0.489. The second-order valence-corrected chi connectivity index (χ2v) is 5.91. The quantitative estimate of drug-likeness (QED) is 0.871. The van der Waals surface area contributed by atoms with Crippen LogP contribution in [0, 0.1) is 11.8 Å². The number of fused-ring (bicyclic) bond motifs is 2. The third-order valence-corrected chi connectivity index (χ3v) is 4.58. The van der Waals surface area contributed by atoms with Crippen molar-refractivity contribution >= 4 is 5.97 Å². The van der Waals surface area contributed by atoms with Gasteiger partial charge >= 0.3 is 5.97 Å². The highest BCUT2D eigenvalue weighted by Gasteiger charge is 2.36. The molecule has 2 N–H and O–H groups in total. The third-order valence-electron chi connectivity index (χ3n) is 4.58. The minimum Gasteiger partial charge on any atom is -0.493 e. The summed E-state index contributed by atoms with van der Waals surface area (Å²) in [5.41, 5.74) is 1.53. The zero-order valence-corrected chi connectivity index (χ0v) is 11.4. The minimum absolute atomic E-state index is 0.0143. The van der Waals surface area contributed by atoms with Crippen molar-refractivity contribution in [2.75, 3.05) is 6.61 Å². The molecule has 0 bridgehead atoms. The summed E-state index contributed by atoms with van der Waals surface area (Å²) < 4.78 is 5.86. The van der Waals surface area contributed by atoms with Crippen molar-refractivity contribution in [3.63, 3.8) is 0 Å². The maximum Gasteiger partial charge on any atom is 0.307 e. The van der Waals surface area contributed by atoms with Crippen LogP contribution in [0.5, 0.6) is 5.75 Å². The van der Waals surface area contributed by atoms with Crippen LogP contribution in [0.4, 0.5) is 0 Å². The number of hydrogen-bond acceptors (Lipinski definition) is 3. The highest BCUT2D eigenvalue weighted by atomic mass is 16.5. The van der Waals surface area contributed by atoms with E-state index in [9.17, 15) is 9.90 Å². The largest absolute Gasteiger partial charge is 0.493 e. The van der Waals surface area contributed by atoms with Gasteiger partial charge in [0.15, 0.2) is 0 Å². The second-order valence-electron chi connectivity index (χ2n) is 5.91. The van der Waals surface area contributed by atoms with Gasteiger partial charge in [0.2, 0.25) is 0 Å². The number of aliphatic carboxylic acids is 1. The molecule has 1 fully saturated rings. The molecule has 1 aliphatic heterocycles. The smallest absolute Gasteiger partial charge is 0.307 e. The third kappa shape index (κ3) is 2.52. The Morgan fingerprint density at radius 1 is 1.30 bits per heavy atom. The van der Waals surface area contributed by atoms with Crippen molar-refractivity contribution in [2.24, 2.45) is 11.8 Å². The molecule has 2 aliphatic rings. The first-order valence-corrected chi connectivity index (χ1v) is 7.30. The predicted octanol–water partition coefficient (Wildman–Crippen LogP) is 2.55. The highest BCUT2D eigenvalue weighted by molar-refractivity contribution is 5.70. The van der Waals surface area contributed by atoms with Gasteiger partial charge in [0.1, 0.15) is 5.75 Å². The summed E-state index contributed by atoms with van der Waals surface area (Å²) >= 11 is 0. The Bertz CT molecular complexity index is 511. The first-order valence-electron chi connectivity index (χ1n) is 7.30. The van der Waals surface area contributed by atoms with E-state index in [1.54, 1.807) is 12.1 Å². The number of carboxylic acid groups (broad SMARTS) is 1. The van der Waals surface area contributed by atoms with E-state index in [-0.39, 0.29) is 12.3 Å². The van der Waals surface area contributed by atoms with Crippen LogP contribution in [0.3, 0.4) is 0 Å². The second kappa shape index (κ2) is 5.44. The number of aliphatic hydroxyl groups is 1. The summed E-state index contributed by atoms with van der Waals surface area (Å²) in [6.07, 6.45) is 4.03. The lowest BCUT2D eigenvalue weighted by molar-refractivity contribution is -0.136. The fraction of sp³-hybridized carbons (Fsp3) is 0.562. The highest BCUT2D eigenvalue weighted by Crippen LogP contribution is 2.44. The molecular weight excluding hydrogens is 256 g/mol. The maximum atomic E-state index is 10.8. The van der Waals surface area contributed by atoms with Gasteiger partial charge in [-0.25, -0.2) is 0 Å². The average molecular weight is 276 g/mol. The maximum absolute atomic E-state index is 10.8. The number of ether oxygens (including phenoxy) is 1. The lowest BCUT2D eigenvalue weighted by Crippen LogP contribution is -2.27. The van der Waals surface area contributed by atoms with Crippen LogP contribution in [0.25, 0.3) is 0 Å². The predicted molar refractivity (Wildman–Crippen MR) is 73.7 cm³/mol. The van der Waals surface area contributed by atoms with Crippen molar-refractivity contribution in [3.05, 3.63) is 29.3 Å². The van der Waals surface area contributed by atoms with Gasteiger partial charge in [-0.3, -0.25) is 4.79 Å². The SMILES string of the molecule is O=C(O)Cc1ccc2c(c1)OCC1CCCCC1C2O. The Morgan fingerprint density at radius 2 is 2.10 bits per heavy atom. The molecule has 20 heavy (non-hydrogen) atoms. The Kier molecular flexibility index (Phi) is 3.66. The van der Waals surface area contributed by atoms with E-state index in [0.29, 0.717) is 23.8 Å². The molecule has 1 heterocycles. The lowest BCUT2D eigenvalue weighted by atomic mass is 9.75. The molecule has 0 aromatic heterocycles. The number of rotatable bonds is 2. The van der Waals surface area contributed by atoms with Gasteiger partial charge in [-0.2, -0.15) is 0 Å². The molecule has 0 spiro atoms. The molecule has 0 saturated heterocycles. The molecule has 0 amide bonds. The van der Waals surface area contributed by atoms with E-state index >= 15 is 0 Å². The Balaban J connectivity index is 1.90. The number of benzene rings is 1. The summed E-state index contributed by atoms with van der Waals surface area (Å²) in [6, 6.07) is 5.38. The van der Waals surface area contributed by atoms with E-state index in [2.05, 4.69) is 0 Å². The molecular formula is C16H20O4. The fourth-order valence-corrected chi connectivity index (χ4v) is 3.52. The molecule has 1 aliphatic carbocycles. The standard InChI is InChI=1S/C16H20O4/c17-15(18)8-10-5-6-13-14(7-10)20-9-11-3-1-2-4-12(11)16(13)19/h5-7,11-12,16,19H,1-4,8-9H2,(H,17,18). The molecule has 4 nitrogen and oxygen atoms in total. The molecule has 3 unspecified atom stereocenters. The number of aliphatic hydroxyl groups excluding tert-OH is 1. The Labute approximate surface area is 118 Å². The van der Waals surface area contributed by atoms with Crippen molar-refractivity contribution in [2.45, 2.75) is 38.2 Å². The van der Waals surface area contributed by atoms with E-state index in [4.69, 9.17) is 9.84 Å². The minimum atomic E-state index is -0.854. The van der Waals surface area contributed by atoms with Crippen molar-refractivity contribution < 1.29 is 19.7 Å². The lowest BCUT2D eigenvalue weighted by Gasteiger charge is -2.31. The summed E-state index contributed by atoms with van der Waals surface area (Å²) in [5, 5.41) is 19.5. The van der Waals surface area contributed by atoms with Crippen LogP contribution in [-0.4, -0.2) is 22.8 Å². The van der Waals surface area contributed by atoms with Crippen molar-refractivity contribution in [1.29, 1.82) is 0 Å². The first kappa shape index (κ1) is 13.4. The monoisotopic (exact) mass is 276 g/mol. The van der Waals surface area contributed by atoms with Crippen LogP contribution >= 0.6 is 0 Å². The molecule has 3 rings (SSSR count). The van der Waals surface area contributed by atoms with E-state index < -0.39 is 12.1 Å². The van der Waals surface area contributed by atoms with Crippen LogP contribution in [0.2, 0.25) is 0 Å². The fourth-order valence-electron chi connectivity index (χ4n) is 3.52. The molecule has 108 valence electrons. The molecule has 0 radical (unpaired) electrons. The van der Waals surface area contributed by atoms with Gasteiger partial charge in [-0.1, -0.05) is 25.0 Å². The van der Waals surface area contributed by atoms with E-state index in [0.717, 1.165) is 18.4 Å². The van der Waals surface area contributed by atoms with Gasteiger partial charge in [-0.15, -0.1) is 0 Å². The van der Waals surface area contributed by atoms with E-state index in [1.807, 2.05) is 6.07 Å². The van der Waals surface area contributed by atoms with Crippen LogP contribution in [0.15, 0.2) is 18.2 Å². The number of carboxylic acids is 1. The van der Waals surface area contributed by atoms with Crippen LogP contribution < -0.4 is 4.74 Å². The number of hydrogen-bond donors (Lipinski definition) is 2. The molecule has 4 heteroatoms. The summed E-state index contributed by atoms with van der Waals surface area (Å²) in [6.45, 7) is 0.630. The van der Waals surface area contributed by atoms with Gasteiger partial charge < -0.3 is 14.9 Å². The van der Waals surface area contributed by atoms with Crippen molar-refractivity contribution in [1.82, 2.24) is 0 Å². The van der Waals surface area contributed by atoms with Crippen molar-refractivity contribution in [3.8, 4) is 5.75 Å². The molecule has 1 aromatic rings. The first-order chi connectivity index (χ1) is 9.65. The summed E-state index contributed by atoms with van der Waals surface area (Å²) in [7, 11) is 0. The average Bonchev–Trinajstić information content (AvgIpc) is 2.57. The van der Waals surface area contributed by atoms with Gasteiger partial charge in [0, 0.05) is 5.56 Å². The van der Waals surface area contributed by atoms with Crippen LogP contribution in [-0.2, 0) is 11.2 Å². The topological polar surface area (TPSA) is 66.8 Å². The van der Waals surface area contributed by atoms with Gasteiger partial charge in [0.25, 0.3) is 0 Å². The number of carbonyl (C=O) groups is 1. The zero-order chi connectivity index (χ0) is 14.1. The zero-order valence-electron chi connectivity index (χ0n) is 11.4. The molecule has 1 aromatic carbocycles. The molecule has 3 atom stereocenters. The Hall–Kier alpha value is -1.55. The van der Waals surface area contributed by atoms with Gasteiger partial charge in [0.05, 0.1) is 19.1 Å². The van der Waals surface area contributed by atoms with E-state index in [1.165, 1.54) is 12.8 Å².